The van der Waals surface area contributed by atoms with Crippen molar-refractivity contribution in [2.75, 3.05) is 7.11 Å². The molecular weight excluding hydrogens is 334 g/mol. The van der Waals surface area contributed by atoms with Gasteiger partial charge in [-0.25, -0.2) is 5.48 Å². The summed E-state index contributed by atoms with van der Waals surface area (Å²) < 4.78 is 10.6. The Morgan fingerprint density at radius 3 is 2.42 bits per heavy atom. The molecule has 0 bridgehead atoms. The lowest BCUT2D eigenvalue weighted by molar-refractivity contribution is -0.149. The number of amides is 1. The SMILES string of the molecule is COC(=O)[C@]1(Cc2ccc(OCc3ccccc3)cc2)C[C@H]1C(=O)NO. The number of esters is 1. The molecule has 1 aliphatic carbocycles. The van der Waals surface area contributed by atoms with Gasteiger partial charge < -0.3 is 9.47 Å². The van der Waals surface area contributed by atoms with E-state index in [1.165, 1.54) is 7.11 Å². The second-order valence-corrected chi connectivity index (χ2v) is 6.48. The quantitative estimate of drug-likeness (QED) is 0.453. The molecular formula is C20H21NO5. The lowest BCUT2D eigenvalue weighted by Crippen LogP contribution is -2.30. The zero-order chi connectivity index (χ0) is 18.6. The fourth-order valence-corrected chi connectivity index (χ4v) is 3.23. The molecule has 0 saturated heterocycles. The van der Waals surface area contributed by atoms with E-state index < -0.39 is 23.2 Å². The molecule has 1 amide bonds. The van der Waals surface area contributed by atoms with Crippen LogP contribution in [0.2, 0.25) is 0 Å². The summed E-state index contributed by atoms with van der Waals surface area (Å²) in [6.45, 7) is 0.477. The number of benzene rings is 2. The van der Waals surface area contributed by atoms with Gasteiger partial charge in [0.25, 0.3) is 0 Å². The Balaban J connectivity index is 1.64. The average Bonchev–Trinajstić information content (AvgIpc) is 3.42. The molecule has 6 heteroatoms. The molecule has 0 aromatic heterocycles. The van der Waals surface area contributed by atoms with Crippen molar-refractivity contribution in [3.05, 3.63) is 65.7 Å². The molecule has 1 fully saturated rings. The highest BCUT2D eigenvalue weighted by Gasteiger charge is 2.64. The molecule has 3 rings (SSSR count). The molecule has 136 valence electrons. The van der Waals surface area contributed by atoms with Gasteiger partial charge in [0.1, 0.15) is 12.4 Å². The first-order valence-corrected chi connectivity index (χ1v) is 8.37. The zero-order valence-electron chi connectivity index (χ0n) is 14.5. The number of ether oxygens (including phenoxy) is 2. The molecule has 1 saturated carbocycles. The van der Waals surface area contributed by atoms with Crippen LogP contribution in [0.1, 0.15) is 17.5 Å². The molecule has 0 radical (unpaired) electrons. The molecule has 6 nitrogen and oxygen atoms in total. The van der Waals surface area contributed by atoms with Gasteiger partial charge in [-0.3, -0.25) is 14.8 Å². The van der Waals surface area contributed by atoms with Crippen LogP contribution in [0.5, 0.6) is 5.75 Å². The van der Waals surface area contributed by atoms with Crippen LogP contribution in [0.3, 0.4) is 0 Å². The topological polar surface area (TPSA) is 84.9 Å². The number of hydrogen-bond acceptors (Lipinski definition) is 5. The summed E-state index contributed by atoms with van der Waals surface area (Å²) in [7, 11) is 1.30. The van der Waals surface area contributed by atoms with Gasteiger partial charge in [-0.05, 0) is 36.1 Å². The minimum Gasteiger partial charge on any atom is -0.489 e. The van der Waals surface area contributed by atoms with E-state index in [1.54, 1.807) is 5.48 Å². The van der Waals surface area contributed by atoms with Gasteiger partial charge in [-0.1, -0.05) is 42.5 Å². The maximum Gasteiger partial charge on any atom is 0.312 e. The van der Waals surface area contributed by atoms with E-state index in [2.05, 4.69) is 0 Å². The normalized spacial score (nSPS) is 20.9. The van der Waals surface area contributed by atoms with Crippen molar-refractivity contribution < 1.29 is 24.3 Å². The molecule has 2 aromatic carbocycles. The van der Waals surface area contributed by atoms with Crippen LogP contribution >= 0.6 is 0 Å². The Hall–Kier alpha value is -2.86. The standard InChI is InChI=1S/C20H21NO5/c1-25-19(23)20(12-17(20)18(22)21-24)11-14-7-9-16(10-8-14)26-13-15-5-3-2-4-6-15/h2-10,17,24H,11-13H2,1H3,(H,21,22)/t17-,20+/m0/s1. The molecule has 2 atom stereocenters. The highest BCUT2D eigenvalue weighted by molar-refractivity contribution is 5.93. The third-order valence-corrected chi connectivity index (χ3v) is 4.79. The number of carbonyl (C=O) groups excluding carboxylic acids is 2. The third kappa shape index (κ3) is 3.70. The van der Waals surface area contributed by atoms with Gasteiger partial charge in [0.15, 0.2) is 0 Å². The Labute approximate surface area is 151 Å². The molecule has 2 aromatic rings. The fourth-order valence-electron chi connectivity index (χ4n) is 3.23. The van der Waals surface area contributed by atoms with Gasteiger partial charge in [-0.2, -0.15) is 0 Å². The summed E-state index contributed by atoms with van der Waals surface area (Å²) in [6.07, 6.45) is 0.731. The van der Waals surface area contributed by atoms with Crippen molar-refractivity contribution >= 4 is 11.9 Å². The largest absolute Gasteiger partial charge is 0.489 e. The molecule has 2 N–H and O–H groups in total. The first kappa shape index (κ1) is 17.9. The number of nitrogens with one attached hydrogen (secondary N) is 1. The summed E-state index contributed by atoms with van der Waals surface area (Å²) in [5.41, 5.74) is 2.69. The monoisotopic (exact) mass is 355 g/mol. The van der Waals surface area contributed by atoms with Crippen LogP contribution in [0, 0.1) is 11.3 Å². The van der Waals surface area contributed by atoms with Crippen molar-refractivity contribution in [2.45, 2.75) is 19.4 Å². The Bertz CT molecular complexity index is 775. The molecule has 0 spiro atoms. The second-order valence-electron chi connectivity index (χ2n) is 6.48. The van der Waals surface area contributed by atoms with Gasteiger partial charge >= 0.3 is 5.97 Å². The smallest absolute Gasteiger partial charge is 0.312 e. The maximum atomic E-state index is 12.1. The van der Waals surface area contributed by atoms with E-state index in [1.807, 2.05) is 54.6 Å². The lowest BCUT2D eigenvalue weighted by Gasteiger charge is -2.15. The summed E-state index contributed by atoms with van der Waals surface area (Å²) in [6, 6.07) is 17.3. The van der Waals surface area contributed by atoms with E-state index >= 15 is 0 Å². The van der Waals surface area contributed by atoms with Crippen molar-refractivity contribution in [3.63, 3.8) is 0 Å². The molecule has 26 heavy (non-hydrogen) atoms. The average molecular weight is 355 g/mol. The van der Waals surface area contributed by atoms with Crippen LogP contribution in [0.25, 0.3) is 0 Å². The van der Waals surface area contributed by atoms with Crippen molar-refractivity contribution in [1.82, 2.24) is 5.48 Å². The second kappa shape index (κ2) is 7.58. The fraction of sp³-hybridized carbons (Fsp3) is 0.300. The maximum absolute atomic E-state index is 12.1. The molecule has 0 aliphatic heterocycles. The minimum absolute atomic E-state index is 0.359. The predicted molar refractivity (Wildman–Crippen MR) is 93.4 cm³/mol. The number of hydroxylamine groups is 1. The summed E-state index contributed by atoms with van der Waals surface area (Å²) in [5.74, 6) is -0.840. The van der Waals surface area contributed by atoms with Gasteiger partial charge in [0.2, 0.25) is 5.91 Å². The van der Waals surface area contributed by atoms with Gasteiger partial charge in [0, 0.05) is 0 Å². The molecule has 1 aliphatic rings. The highest BCUT2D eigenvalue weighted by atomic mass is 16.5. The van der Waals surface area contributed by atoms with Crippen molar-refractivity contribution in [3.8, 4) is 5.75 Å². The van der Waals surface area contributed by atoms with Gasteiger partial charge in [-0.15, -0.1) is 0 Å². The first-order valence-electron chi connectivity index (χ1n) is 8.37. The van der Waals surface area contributed by atoms with E-state index in [9.17, 15) is 9.59 Å². The Morgan fingerprint density at radius 2 is 1.81 bits per heavy atom. The third-order valence-electron chi connectivity index (χ3n) is 4.79. The summed E-state index contributed by atoms with van der Waals surface area (Å²) >= 11 is 0. The predicted octanol–water partition coefficient (Wildman–Crippen LogP) is 2.49. The number of rotatable bonds is 7. The van der Waals surface area contributed by atoms with E-state index in [-0.39, 0.29) is 0 Å². The zero-order valence-corrected chi connectivity index (χ0v) is 14.5. The van der Waals surface area contributed by atoms with E-state index in [0.29, 0.717) is 19.4 Å². The minimum atomic E-state index is -0.909. The van der Waals surface area contributed by atoms with Crippen molar-refractivity contribution in [1.29, 1.82) is 0 Å². The number of methoxy groups -OCH3 is 1. The Morgan fingerprint density at radius 1 is 1.12 bits per heavy atom. The number of hydrogen-bond donors (Lipinski definition) is 2. The lowest BCUT2D eigenvalue weighted by atomic mass is 9.93. The van der Waals surface area contributed by atoms with Gasteiger partial charge in [0.05, 0.1) is 18.4 Å². The first-order chi connectivity index (χ1) is 12.6. The van der Waals surface area contributed by atoms with E-state index in [4.69, 9.17) is 14.7 Å². The molecule has 0 unspecified atom stereocenters. The van der Waals surface area contributed by atoms with E-state index in [0.717, 1.165) is 16.9 Å². The molecule has 0 heterocycles. The summed E-state index contributed by atoms with van der Waals surface area (Å²) in [4.78, 5) is 23.8. The highest BCUT2D eigenvalue weighted by Crippen LogP contribution is 2.55. The number of carbonyl (C=O) groups is 2. The summed E-state index contributed by atoms with van der Waals surface area (Å²) in [5, 5.41) is 8.82. The van der Waals surface area contributed by atoms with Crippen LogP contribution in [-0.4, -0.2) is 24.2 Å². The van der Waals surface area contributed by atoms with Crippen LogP contribution < -0.4 is 10.2 Å². The Kier molecular flexibility index (Phi) is 5.23. The van der Waals surface area contributed by atoms with Crippen LogP contribution in [-0.2, 0) is 27.4 Å². The van der Waals surface area contributed by atoms with Crippen LogP contribution in [0.15, 0.2) is 54.6 Å². The van der Waals surface area contributed by atoms with Crippen molar-refractivity contribution in [2.24, 2.45) is 11.3 Å². The van der Waals surface area contributed by atoms with Crippen LogP contribution in [0.4, 0.5) is 0 Å².